The summed E-state index contributed by atoms with van der Waals surface area (Å²) in [5.74, 6) is 0.950. The first-order valence-electron chi connectivity index (χ1n) is 5.94. The number of ether oxygens (including phenoxy) is 1. The summed E-state index contributed by atoms with van der Waals surface area (Å²) >= 11 is 6.07. The Kier molecular flexibility index (Phi) is 3.89. The summed E-state index contributed by atoms with van der Waals surface area (Å²) in [5.41, 5.74) is 0.732. The lowest BCUT2D eigenvalue weighted by Gasteiger charge is -2.09. The minimum absolute atomic E-state index is 0.0864. The van der Waals surface area contributed by atoms with Gasteiger partial charge in [0.25, 0.3) is 0 Å². The largest absolute Gasteiger partial charge is 0.492 e. The van der Waals surface area contributed by atoms with Crippen molar-refractivity contribution in [1.82, 2.24) is 0 Å². The van der Waals surface area contributed by atoms with E-state index < -0.39 is 0 Å². The van der Waals surface area contributed by atoms with E-state index in [1.807, 2.05) is 13.0 Å². The van der Waals surface area contributed by atoms with Gasteiger partial charge in [-0.1, -0.05) is 18.5 Å². The van der Waals surface area contributed by atoms with Crippen LogP contribution in [-0.4, -0.2) is 12.5 Å². The minimum atomic E-state index is 0.0864. The van der Waals surface area contributed by atoms with Crippen LogP contribution in [0, 0.1) is 5.92 Å². The molecule has 0 atom stereocenters. The highest BCUT2D eigenvalue weighted by Gasteiger charge is 2.29. The second-order valence-corrected chi connectivity index (χ2v) is 4.66. The standard InChI is InChI=1S/C13H16ClNO2/c1-2-7-17-12-6-5-10(8-11(12)14)15-13(16)9-3-4-9/h5-6,8-9H,2-4,7H2,1H3,(H,15,16). The minimum Gasteiger partial charge on any atom is -0.492 e. The summed E-state index contributed by atoms with van der Waals surface area (Å²) in [6.07, 6.45) is 2.94. The van der Waals surface area contributed by atoms with Crippen molar-refractivity contribution >= 4 is 23.2 Å². The summed E-state index contributed by atoms with van der Waals surface area (Å²) in [4.78, 5) is 11.6. The second-order valence-electron chi connectivity index (χ2n) is 4.26. The molecular formula is C13H16ClNO2. The number of carbonyl (C=O) groups is 1. The first-order valence-corrected chi connectivity index (χ1v) is 6.31. The summed E-state index contributed by atoms with van der Waals surface area (Å²) in [6, 6.07) is 5.34. The molecule has 0 bridgehead atoms. The van der Waals surface area contributed by atoms with Gasteiger partial charge in [0.1, 0.15) is 5.75 Å². The number of carbonyl (C=O) groups excluding carboxylic acids is 1. The van der Waals surface area contributed by atoms with Gasteiger partial charge >= 0.3 is 0 Å². The fourth-order valence-electron chi connectivity index (χ4n) is 1.50. The Morgan fingerprint density at radius 2 is 2.29 bits per heavy atom. The van der Waals surface area contributed by atoms with Crippen molar-refractivity contribution in [1.29, 1.82) is 0 Å². The van der Waals surface area contributed by atoms with Crippen LogP contribution < -0.4 is 10.1 Å². The van der Waals surface area contributed by atoms with Gasteiger partial charge in [0.15, 0.2) is 0 Å². The molecule has 1 aliphatic rings. The lowest BCUT2D eigenvalue weighted by molar-refractivity contribution is -0.117. The van der Waals surface area contributed by atoms with Crippen LogP contribution in [0.1, 0.15) is 26.2 Å². The van der Waals surface area contributed by atoms with Gasteiger partial charge in [-0.25, -0.2) is 0 Å². The number of hydrogen-bond acceptors (Lipinski definition) is 2. The van der Waals surface area contributed by atoms with Gasteiger partial charge in [0.2, 0.25) is 5.91 Å². The first kappa shape index (κ1) is 12.2. The molecule has 1 amide bonds. The van der Waals surface area contributed by atoms with Crippen LogP contribution in [0.25, 0.3) is 0 Å². The molecule has 0 aliphatic heterocycles. The molecule has 1 aromatic rings. The molecule has 17 heavy (non-hydrogen) atoms. The maximum atomic E-state index is 11.6. The van der Waals surface area contributed by atoms with E-state index in [0.717, 1.165) is 24.9 Å². The zero-order valence-electron chi connectivity index (χ0n) is 9.83. The highest BCUT2D eigenvalue weighted by Crippen LogP contribution is 2.32. The predicted octanol–water partition coefficient (Wildman–Crippen LogP) is 3.48. The smallest absolute Gasteiger partial charge is 0.227 e. The number of anilines is 1. The Morgan fingerprint density at radius 3 is 2.88 bits per heavy atom. The molecule has 1 saturated carbocycles. The third-order valence-electron chi connectivity index (χ3n) is 2.61. The van der Waals surface area contributed by atoms with Crippen LogP contribution in [0.5, 0.6) is 5.75 Å². The molecule has 0 unspecified atom stereocenters. The average molecular weight is 254 g/mol. The summed E-state index contributed by atoms with van der Waals surface area (Å²) in [7, 11) is 0. The Labute approximate surface area is 106 Å². The molecule has 1 aliphatic carbocycles. The molecule has 92 valence electrons. The van der Waals surface area contributed by atoms with E-state index in [9.17, 15) is 4.79 Å². The van der Waals surface area contributed by atoms with E-state index in [4.69, 9.17) is 16.3 Å². The number of hydrogen-bond donors (Lipinski definition) is 1. The lowest BCUT2D eigenvalue weighted by atomic mass is 10.3. The van der Waals surface area contributed by atoms with E-state index in [-0.39, 0.29) is 11.8 Å². The third kappa shape index (κ3) is 3.37. The highest BCUT2D eigenvalue weighted by molar-refractivity contribution is 6.32. The van der Waals surface area contributed by atoms with Gasteiger partial charge in [0, 0.05) is 11.6 Å². The molecule has 2 rings (SSSR count). The summed E-state index contributed by atoms with van der Waals surface area (Å²) in [5, 5.41) is 3.38. The molecular weight excluding hydrogens is 238 g/mol. The van der Waals surface area contributed by atoms with Crippen LogP contribution in [0.3, 0.4) is 0 Å². The summed E-state index contributed by atoms with van der Waals surface area (Å²) in [6.45, 7) is 2.69. The van der Waals surface area contributed by atoms with Crippen molar-refractivity contribution in [3.05, 3.63) is 23.2 Å². The molecule has 1 fully saturated rings. The van der Waals surface area contributed by atoms with E-state index >= 15 is 0 Å². The van der Waals surface area contributed by atoms with Gasteiger partial charge in [-0.2, -0.15) is 0 Å². The van der Waals surface area contributed by atoms with Crippen LogP contribution in [0.4, 0.5) is 5.69 Å². The predicted molar refractivity (Wildman–Crippen MR) is 68.6 cm³/mol. The Bertz CT molecular complexity index is 416. The Balaban J connectivity index is 1.99. The van der Waals surface area contributed by atoms with Crippen LogP contribution in [-0.2, 0) is 4.79 Å². The molecule has 1 N–H and O–H groups in total. The number of nitrogens with one attached hydrogen (secondary N) is 1. The fraction of sp³-hybridized carbons (Fsp3) is 0.462. The monoisotopic (exact) mass is 253 g/mol. The van der Waals surface area contributed by atoms with Gasteiger partial charge in [-0.15, -0.1) is 0 Å². The average Bonchev–Trinajstić information content (AvgIpc) is 3.11. The SMILES string of the molecule is CCCOc1ccc(NC(=O)C2CC2)cc1Cl. The van der Waals surface area contributed by atoms with Gasteiger partial charge < -0.3 is 10.1 Å². The molecule has 0 saturated heterocycles. The number of rotatable bonds is 5. The van der Waals surface area contributed by atoms with Crippen LogP contribution in [0.15, 0.2) is 18.2 Å². The zero-order chi connectivity index (χ0) is 12.3. The van der Waals surface area contributed by atoms with Gasteiger partial charge in [-0.05, 0) is 37.5 Å². The van der Waals surface area contributed by atoms with Gasteiger partial charge in [0.05, 0.1) is 11.6 Å². The van der Waals surface area contributed by atoms with E-state index in [2.05, 4.69) is 5.32 Å². The Hall–Kier alpha value is -1.22. The van der Waals surface area contributed by atoms with Crippen LogP contribution >= 0.6 is 11.6 Å². The van der Waals surface area contributed by atoms with Crippen molar-refractivity contribution in [2.75, 3.05) is 11.9 Å². The summed E-state index contributed by atoms with van der Waals surface area (Å²) < 4.78 is 5.46. The maximum absolute atomic E-state index is 11.6. The molecule has 0 spiro atoms. The van der Waals surface area contributed by atoms with Gasteiger partial charge in [-0.3, -0.25) is 4.79 Å². The zero-order valence-corrected chi connectivity index (χ0v) is 10.6. The molecule has 0 aromatic heterocycles. The van der Waals surface area contributed by atoms with Crippen molar-refractivity contribution < 1.29 is 9.53 Å². The van der Waals surface area contributed by atoms with E-state index in [1.54, 1.807) is 12.1 Å². The number of amides is 1. The first-order chi connectivity index (χ1) is 8.20. The molecule has 3 nitrogen and oxygen atoms in total. The topological polar surface area (TPSA) is 38.3 Å². The lowest BCUT2D eigenvalue weighted by Crippen LogP contribution is -2.13. The van der Waals surface area contributed by atoms with Crippen molar-refractivity contribution in [3.8, 4) is 5.75 Å². The van der Waals surface area contributed by atoms with Crippen molar-refractivity contribution in [2.24, 2.45) is 5.92 Å². The molecule has 0 heterocycles. The Morgan fingerprint density at radius 1 is 1.53 bits per heavy atom. The third-order valence-corrected chi connectivity index (χ3v) is 2.90. The second kappa shape index (κ2) is 5.41. The van der Waals surface area contributed by atoms with Crippen LogP contribution in [0.2, 0.25) is 5.02 Å². The van der Waals surface area contributed by atoms with Crippen molar-refractivity contribution in [3.63, 3.8) is 0 Å². The van der Waals surface area contributed by atoms with Crippen molar-refractivity contribution in [2.45, 2.75) is 26.2 Å². The fourth-order valence-corrected chi connectivity index (χ4v) is 1.73. The molecule has 4 heteroatoms. The van der Waals surface area contributed by atoms with E-state index in [1.165, 1.54) is 0 Å². The molecule has 0 radical (unpaired) electrons. The normalized spacial score (nSPS) is 14.5. The maximum Gasteiger partial charge on any atom is 0.227 e. The van der Waals surface area contributed by atoms with E-state index in [0.29, 0.717) is 17.4 Å². The quantitative estimate of drug-likeness (QED) is 0.873. The highest BCUT2D eigenvalue weighted by atomic mass is 35.5. The number of benzene rings is 1. The molecule has 1 aromatic carbocycles. The number of halogens is 1.